The zero-order valence-corrected chi connectivity index (χ0v) is 12.9. The van der Waals surface area contributed by atoms with Gasteiger partial charge in [0.25, 0.3) is 0 Å². The Balaban J connectivity index is 1.68. The molecule has 1 aromatic rings. The molecule has 20 heavy (non-hydrogen) atoms. The van der Waals surface area contributed by atoms with Gasteiger partial charge in [-0.3, -0.25) is 0 Å². The third-order valence-corrected chi connectivity index (χ3v) is 5.72. The zero-order valence-electron chi connectivity index (χ0n) is 12.1. The number of aryl methyl sites for hydroxylation is 1. The van der Waals surface area contributed by atoms with Crippen molar-refractivity contribution in [2.24, 2.45) is 0 Å². The molecule has 0 amide bonds. The lowest BCUT2D eigenvalue weighted by Crippen LogP contribution is -2.35. The van der Waals surface area contributed by atoms with Gasteiger partial charge in [0.15, 0.2) is 0 Å². The first-order chi connectivity index (χ1) is 9.66. The van der Waals surface area contributed by atoms with Gasteiger partial charge in [-0.15, -0.1) is 0 Å². The number of sulfone groups is 1. The van der Waals surface area contributed by atoms with Gasteiger partial charge in [-0.25, -0.2) is 8.42 Å². The number of piperidine rings is 1. The summed E-state index contributed by atoms with van der Waals surface area (Å²) in [5.41, 5.74) is 1.22. The molecule has 3 nitrogen and oxygen atoms in total. The van der Waals surface area contributed by atoms with E-state index in [-0.39, 0.29) is 0 Å². The summed E-state index contributed by atoms with van der Waals surface area (Å²) in [7, 11) is -2.89. The fourth-order valence-electron chi connectivity index (χ4n) is 2.74. The van der Waals surface area contributed by atoms with Crippen LogP contribution in [0.3, 0.4) is 0 Å². The lowest BCUT2D eigenvalue weighted by atomic mass is 10.0. The van der Waals surface area contributed by atoms with Crippen LogP contribution in [0.1, 0.15) is 37.7 Å². The van der Waals surface area contributed by atoms with Gasteiger partial charge in [-0.1, -0.05) is 36.8 Å². The van der Waals surface area contributed by atoms with E-state index in [0.717, 1.165) is 32.2 Å². The summed E-state index contributed by atoms with van der Waals surface area (Å²) in [4.78, 5) is 0. The monoisotopic (exact) mass is 295 g/mol. The minimum absolute atomic E-state index is 0.314. The van der Waals surface area contributed by atoms with E-state index in [9.17, 15) is 8.42 Å². The van der Waals surface area contributed by atoms with Crippen LogP contribution in [0.5, 0.6) is 0 Å². The van der Waals surface area contributed by atoms with Gasteiger partial charge in [0, 0.05) is 6.04 Å². The Morgan fingerprint density at radius 2 is 1.90 bits per heavy atom. The second-order valence-corrected chi connectivity index (χ2v) is 7.98. The van der Waals surface area contributed by atoms with E-state index in [2.05, 4.69) is 17.4 Å². The van der Waals surface area contributed by atoms with Crippen molar-refractivity contribution < 1.29 is 8.42 Å². The van der Waals surface area contributed by atoms with Crippen molar-refractivity contribution in [1.82, 2.24) is 5.32 Å². The maximum atomic E-state index is 12.0. The van der Waals surface area contributed by atoms with Crippen LogP contribution in [0.15, 0.2) is 30.3 Å². The van der Waals surface area contributed by atoms with Gasteiger partial charge >= 0.3 is 0 Å². The Kier molecular flexibility index (Phi) is 6.05. The molecule has 0 radical (unpaired) electrons. The van der Waals surface area contributed by atoms with Crippen molar-refractivity contribution in [3.05, 3.63) is 35.9 Å². The van der Waals surface area contributed by atoms with Crippen LogP contribution in [-0.4, -0.2) is 32.5 Å². The summed E-state index contributed by atoms with van der Waals surface area (Å²) in [6.07, 6.45) is 5.92. The average Bonchev–Trinajstić information content (AvgIpc) is 2.47. The molecule has 1 unspecified atom stereocenters. The summed E-state index contributed by atoms with van der Waals surface area (Å²) in [6.45, 7) is 1.04. The SMILES string of the molecule is O=S(=O)(CCCc1ccccc1)CCC1CCCCN1. The van der Waals surface area contributed by atoms with Crippen LogP contribution in [0, 0.1) is 0 Å². The molecule has 0 aliphatic carbocycles. The number of nitrogens with one attached hydrogen (secondary N) is 1. The number of benzene rings is 1. The predicted molar refractivity (Wildman–Crippen MR) is 83.7 cm³/mol. The Morgan fingerprint density at radius 3 is 2.60 bits per heavy atom. The highest BCUT2D eigenvalue weighted by Gasteiger charge is 2.17. The summed E-state index contributed by atoms with van der Waals surface area (Å²) >= 11 is 0. The molecule has 1 atom stereocenters. The van der Waals surface area contributed by atoms with E-state index < -0.39 is 9.84 Å². The van der Waals surface area contributed by atoms with Gasteiger partial charge in [0.1, 0.15) is 9.84 Å². The molecule has 0 spiro atoms. The molecule has 1 aliphatic heterocycles. The van der Waals surface area contributed by atoms with Crippen LogP contribution in [0.2, 0.25) is 0 Å². The van der Waals surface area contributed by atoms with Crippen molar-refractivity contribution in [3.63, 3.8) is 0 Å². The van der Waals surface area contributed by atoms with Crippen molar-refractivity contribution in [3.8, 4) is 0 Å². The van der Waals surface area contributed by atoms with E-state index in [1.165, 1.54) is 18.4 Å². The fraction of sp³-hybridized carbons (Fsp3) is 0.625. The lowest BCUT2D eigenvalue weighted by molar-refractivity contribution is 0.392. The predicted octanol–water partition coefficient (Wildman–Crippen LogP) is 2.57. The second kappa shape index (κ2) is 7.79. The molecule has 1 aromatic carbocycles. The molecule has 112 valence electrons. The third kappa shape index (κ3) is 5.63. The Hall–Kier alpha value is -0.870. The second-order valence-electron chi connectivity index (χ2n) is 5.68. The molecule has 1 N–H and O–H groups in total. The maximum absolute atomic E-state index is 12.0. The minimum Gasteiger partial charge on any atom is -0.314 e. The molecule has 1 fully saturated rings. The number of rotatable bonds is 7. The lowest BCUT2D eigenvalue weighted by Gasteiger charge is -2.23. The van der Waals surface area contributed by atoms with E-state index in [1.807, 2.05) is 18.2 Å². The van der Waals surface area contributed by atoms with Crippen LogP contribution in [0.4, 0.5) is 0 Å². The van der Waals surface area contributed by atoms with Crippen molar-refractivity contribution >= 4 is 9.84 Å². The Morgan fingerprint density at radius 1 is 1.10 bits per heavy atom. The Bertz CT molecular complexity index is 478. The largest absolute Gasteiger partial charge is 0.314 e. The molecular formula is C16H25NO2S. The van der Waals surface area contributed by atoms with Crippen molar-refractivity contribution in [2.75, 3.05) is 18.1 Å². The van der Waals surface area contributed by atoms with Gasteiger partial charge < -0.3 is 5.32 Å². The highest BCUT2D eigenvalue weighted by Crippen LogP contribution is 2.12. The number of hydrogen-bond acceptors (Lipinski definition) is 3. The maximum Gasteiger partial charge on any atom is 0.150 e. The van der Waals surface area contributed by atoms with E-state index in [0.29, 0.717) is 17.5 Å². The summed E-state index contributed by atoms with van der Waals surface area (Å²) in [5, 5.41) is 3.41. The summed E-state index contributed by atoms with van der Waals surface area (Å²) < 4.78 is 24.1. The van der Waals surface area contributed by atoms with Gasteiger partial charge in [0.05, 0.1) is 11.5 Å². The molecule has 1 heterocycles. The van der Waals surface area contributed by atoms with Crippen molar-refractivity contribution in [1.29, 1.82) is 0 Å². The smallest absolute Gasteiger partial charge is 0.150 e. The van der Waals surface area contributed by atoms with Crippen LogP contribution in [0.25, 0.3) is 0 Å². The highest BCUT2D eigenvalue weighted by atomic mass is 32.2. The average molecular weight is 295 g/mol. The Labute approximate surface area is 122 Å². The van der Waals surface area contributed by atoms with E-state index in [4.69, 9.17) is 0 Å². The first-order valence-electron chi connectivity index (χ1n) is 7.63. The first kappa shape index (κ1) is 15.5. The standard InChI is InChI=1S/C16H25NO2S/c18-20(19,14-11-16-10-4-5-12-17-16)13-6-9-15-7-2-1-3-8-15/h1-3,7-8,16-17H,4-6,9-14H2. The van der Waals surface area contributed by atoms with Gasteiger partial charge in [-0.05, 0) is 44.2 Å². The van der Waals surface area contributed by atoms with E-state index in [1.54, 1.807) is 0 Å². The minimum atomic E-state index is -2.89. The zero-order chi connectivity index (χ0) is 14.3. The summed E-state index contributed by atoms with van der Waals surface area (Å²) in [5.74, 6) is 0.647. The molecule has 0 bridgehead atoms. The van der Waals surface area contributed by atoms with Gasteiger partial charge in [0.2, 0.25) is 0 Å². The van der Waals surface area contributed by atoms with Crippen LogP contribution >= 0.6 is 0 Å². The molecule has 4 heteroatoms. The highest BCUT2D eigenvalue weighted by molar-refractivity contribution is 7.91. The quantitative estimate of drug-likeness (QED) is 0.841. The topological polar surface area (TPSA) is 46.2 Å². The van der Waals surface area contributed by atoms with Crippen LogP contribution < -0.4 is 5.32 Å². The molecule has 0 aromatic heterocycles. The molecule has 1 aliphatic rings. The molecule has 1 saturated heterocycles. The van der Waals surface area contributed by atoms with Gasteiger partial charge in [-0.2, -0.15) is 0 Å². The first-order valence-corrected chi connectivity index (χ1v) is 9.46. The number of hydrogen-bond donors (Lipinski definition) is 1. The van der Waals surface area contributed by atoms with E-state index >= 15 is 0 Å². The molecule has 2 rings (SSSR count). The molecule has 0 saturated carbocycles. The third-order valence-electron chi connectivity index (χ3n) is 3.95. The van der Waals surface area contributed by atoms with Crippen molar-refractivity contribution in [2.45, 2.75) is 44.6 Å². The molecular weight excluding hydrogens is 270 g/mol. The normalized spacial score (nSPS) is 19.9. The summed E-state index contributed by atoms with van der Waals surface area (Å²) in [6, 6.07) is 10.5. The fourth-order valence-corrected chi connectivity index (χ4v) is 4.17. The van der Waals surface area contributed by atoms with Crippen LogP contribution in [-0.2, 0) is 16.3 Å².